The molecule has 0 fully saturated rings. The second-order valence-corrected chi connectivity index (χ2v) is 5.46. The number of non-ortho nitro benzene ring substituents is 1. The van der Waals surface area contributed by atoms with Gasteiger partial charge in [-0.15, -0.1) is 0 Å². The van der Waals surface area contributed by atoms with E-state index < -0.39 is 0 Å². The average Bonchev–Trinajstić information content (AvgIpc) is 2.59. The van der Waals surface area contributed by atoms with Gasteiger partial charge in [-0.05, 0) is 17.7 Å². The molecule has 0 saturated carbocycles. The van der Waals surface area contributed by atoms with Gasteiger partial charge < -0.3 is 4.74 Å². The van der Waals surface area contributed by atoms with Crippen molar-refractivity contribution in [2.75, 3.05) is 0 Å². The zero-order chi connectivity index (χ0) is 15.8. The zero-order valence-corrected chi connectivity index (χ0v) is 12.2. The Bertz CT molecular complexity index is 842. The first kappa shape index (κ1) is 13.5. The molecule has 112 valence electrons. The van der Waals surface area contributed by atoms with Crippen molar-refractivity contribution in [3.05, 3.63) is 99.6 Å². The maximum Gasteiger partial charge on any atom is 0.269 e. The summed E-state index contributed by atoms with van der Waals surface area (Å²) in [5.74, 6) is 1.67. The third-order valence-corrected chi connectivity index (χ3v) is 4.12. The Morgan fingerprint density at radius 2 is 1.30 bits per heavy atom. The molecule has 1 aliphatic rings. The number of hydrogen-bond acceptors (Lipinski definition) is 3. The summed E-state index contributed by atoms with van der Waals surface area (Å²) in [6.07, 6.45) is 0. The number of nitro groups is 1. The minimum Gasteiger partial charge on any atom is -0.457 e. The van der Waals surface area contributed by atoms with Crippen molar-refractivity contribution in [3.63, 3.8) is 0 Å². The molecule has 0 saturated heterocycles. The summed E-state index contributed by atoms with van der Waals surface area (Å²) in [6, 6.07) is 22.6. The van der Waals surface area contributed by atoms with Crippen molar-refractivity contribution in [1.29, 1.82) is 0 Å². The fraction of sp³-hybridized carbons (Fsp3) is 0.0526. The van der Waals surface area contributed by atoms with Crippen molar-refractivity contribution in [3.8, 4) is 11.5 Å². The lowest BCUT2D eigenvalue weighted by atomic mass is 9.83. The van der Waals surface area contributed by atoms with E-state index in [1.165, 1.54) is 0 Å². The number of nitrogens with zero attached hydrogens (tertiary/aromatic N) is 1. The van der Waals surface area contributed by atoms with Crippen LogP contribution in [0.5, 0.6) is 11.5 Å². The van der Waals surface area contributed by atoms with Crippen LogP contribution in [0.2, 0.25) is 0 Å². The van der Waals surface area contributed by atoms with Crippen LogP contribution >= 0.6 is 0 Å². The highest BCUT2D eigenvalue weighted by Gasteiger charge is 2.28. The first-order chi connectivity index (χ1) is 11.2. The topological polar surface area (TPSA) is 52.4 Å². The van der Waals surface area contributed by atoms with Crippen LogP contribution < -0.4 is 4.74 Å². The molecule has 0 bridgehead atoms. The van der Waals surface area contributed by atoms with E-state index in [2.05, 4.69) is 0 Å². The highest BCUT2D eigenvalue weighted by Crippen LogP contribution is 2.46. The van der Waals surface area contributed by atoms with Crippen LogP contribution in [-0.4, -0.2) is 4.92 Å². The van der Waals surface area contributed by atoms with Crippen LogP contribution in [0.15, 0.2) is 72.8 Å². The molecule has 4 heteroatoms. The molecule has 23 heavy (non-hydrogen) atoms. The molecule has 0 atom stereocenters. The first-order valence-corrected chi connectivity index (χ1v) is 7.34. The van der Waals surface area contributed by atoms with Gasteiger partial charge in [0.2, 0.25) is 0 Å². The lowest BCUT2D eigenvalue weighted by Crippen LogP contribution is -2.11. The van der Waals surface area contributed by atoms with Crippen LogP contribution in [0.1, 0.15) is 22.6 Å². The van der Waals surface area contributed by atoms with Gasteiger partial charge in [0.25, 0.3) is 5.69 Å². The Morgan fingerprint density at radius 1 is 0.783 bits per heavy atom. The maximum atomic E-state index is 10.9. The highest BCUT2D eigenvalue weighted by molar-refractivity contribution is 5.58. The number of rotatable bonds is 2. The van der Waals surface area contributed by atoms with E-state index in [-0.39, 0.29) is 16.5 Å². The summed E-state index contributed by atoms with van der Waals surface area (Å²) in [6.45, 7) is 0. The molecule has 0 spiro atoms. The Hall–Kier alpha value is -3.14. The third kappa shape index (κ3) is 2.25. The normalized spacial score (nSPS) is 12.9. The Morgan fingerprint density at radius 3 is 1.83 bits per heavy atom. The molecular weight excluding hydrogens is 290 g/mol. The van der Waals surface area contributed by atoms with Gasteiger partial charge in [0.1, 0.15) is 11.5 Å². The Kier molecular flexibility index (Phi) is 3.08. The lowest BCUT2D eigenvalue weighted by Gasteiger charge is -2.28. The molecular formula is C19H13NO3. The van der Waals surface area contributed by atoms with Crippen molar-refractivity contribution in [2.45, 2.75) is 5.92 Å². The van der Waals surface area contributed by atoms with Crippen LogP contribution in [0.4, 0.5) is 5.69 Å². The molecule has 0 aromatic heterocycles. The third-order valence-electron chi connectivity index (χ3n) is 4.12. The number of fused-ring (bicyclic) bond motifs is 2. The molecule has 0 radical (unpaired) electrons. The molecule has 0 unspecified atom stereocenters. The van der Waals surface area contributed by atoms with Crippen molar-refractivity contribution >= 4 is 5.69 Å². The number of benzene rings is 3. The van der Waals surface area contributed by atoms with Crippen molar-refractivity contribution in [2.24, 2.45) is 0 Å². The quantitative estimate of drug-likeness (QED) is 0.391. The second-order valence-electron chi connectivity index (χ2n) is 5.46. The minimum absolute atomic E-state index is 0.0111. The number of ether oxygens (including phenoxy) is 1. The van der Waals surface area contributed by atoms with Crippen LogP contribution in [0.25, 0.3) is 0 Å². The fourth-order valence-corrected chi connectivity index (χ4v) is 3.06. The summed E-state index contributed by atoms with van der Waals surface area (Å²) in [5, 5.41) is 10.9. The van der Waals surface area contributed by atoms with Crippen molar-refractivity contribution in [1.82, 2.24) is 0 Å². The zero-order valence-electron chi connectivity index (χ0n) is 12.2. The summed E-state index contributed by atoms with van der Waals surface area (Å²) in [4.78, 5) is 10.5. The van der Waals surface area contributed by atoms with E-state index in [0.29, 0.717) is 0 Å². The van der Waals surface area contributed by atoms with E-state index in [0.717, 1.165) is 28.2 Å². The Balaban J connectivity index is 1.89. The number of nitro benzene ring substituents is 1. The summed E-state index contributed by atoms with van der Waals surface area (Å²) >= 11 is 0. The van der Waals surface area contributed by atoms with Crippen molar-refractivity contribution < 1.29 is 9.66 Å². The molecule has 0 N–H and O–H groups in total. The van der Waals surface area contributed by atoms with Gasteiger partial charge in [-0.25, -0.2) is 0 Å². The molecule has 0 aliphatic carbocycles. The SMILES string of the molecule is O=[N+]([O-])c1ccc(C2c3ccccc3Oc3ccccc32)cc1. The molecule has 3 aromatic rings. The predicted octanol–water partition coefficient (Wildman–Crippen LogP) is 4.88. The molecule has 4 nitrogen and oxygen atoms in total. The van der Waals surface area contributed by atoms with Crippen LogP contribution in [0, 0.1) is 10.1 Å². The van der Waals surface area contributed by atoms with E-state index in [1.54, 1.807) is 12.1 Å². The van der Waals surface area contributed by atoms with E-state index >= 15 is 0 Å². The monoisotopic (exact) mass is 303 g/mol. The largest absolute Gasteiger partial charge is 0.457 e. The molecule has 4 rings (SSSR count). The Labute approximate surface area is 133 Å². The lowest BCUT2D eigenvalue weighted by molar-refractivity contribution is -0.384. The van der Waals surface area contributed by atoms with E-state index in [1.807, 2.05) is 60.7 Å². The number of para-hydroxylation sites is 2. The smallest absolute Gasteiger partial charge is 0.269 e. The molecule has 0 amide bonds. The highest BCUT2D eigenvalue weighted by atomic mass is 16.6. The van der Waals surface area contributed by atoms with Gasteiger partial charge in [0.15, 0.2) is 0 Å². The van der Waals surface area contributed by atoms with Gasteiger partial charge in [0, 0.05) is 29.2 Å². The average molecular weight is 303 g/mol. The first-order valence-electron chi connectivity index (χ1n) is 7.34. The molecule has 1 heterocycles. The predicted molar refractivity (Wildman–Crippen MR) is 87.0 cm³/mol. The van der Waals surface area contributed by atoms with Gasteiger partial charge >= 0.3 is 0 Å². The van der Waals surface area contributed by atoms with E-state index in [4.69, 9.17) is 4.74 Å². The molecule has 3 aromatic carbocycles. The van der Waals surface area contributed by atoms with Crippen LogP contribution in [0.3, 0.4) is 0 Å². The van der Waals surface area contributed by atoms with E-state index in [9.17, 15) is 10.1 Å². The molecule has 1 aliphatic heterocycles. The second kappa shape index (κ2) is 5.25. The summed E-state index contributed by atoms with van der Waals surface area (Å²) in [5.41, 5.74) is 3.25. The van der Waals surface area contributed by atoms with Gasteiger partial charge in [-0.1, -0.05) is 48.5 Å². The standard InChI is InChI=1S/C19H13NO3/c21-20(22)14-11-9-13(10-12-14)19-15-5-1-3-7-17(15)23-18-8-4-2-6-16(18)19/h1-12,19H. The summed E-state index contributed by atoms with van der Waals surface area (Å²) in [7, 11) is 0. The maximum absolute atomic E-state index is 10.9. The number of hydrogen-bond donors (Lipinski definition) is 0. The van der Waals surface area contributed by atoms with Gasteiger partial charge in [0.05, 0.1) is 4.92 Å². The van der Waals surface area contributed by atoms with Gasteiger partial charge in [-0.2, -0.15) is 0 Å². The minimum atomic E-state index is -0.379. The fourth-order valence-electron chi connectivity index (χ4n) is 3.06. The van der Waals surface area contributed by atoms with Crippen LogP contribution in [-0.2, 0) is 0 Å². The van der Waals surface area contributed by atoms with Gasteiger partial charge in [-0.3, -0.25) is 10.1 Å². The summed E-state index contributed by atoms with van der Waals surface area (Å²) < 4.78 is 5.98.